The van der Waals surface area contributed by atoms with E-state index >= 15 is 0 Å². The number of hydrogen-bond donors (Lipinski definition) is 2. The number of aromatic nitrogens is 1. The quantitative estimate of drug-likeness (QED) is 0.627. The maximum Gasteiger partial charge on any atom is 0.252 e. The van der Waals surface area contributed by atoms with Crippen molar-refractivity contribution < 1.29 is 9.59 Å². The van der Waals surface area contributed by atoms with Gasteiger partial charge in [-0.1, -0.05) is 0 Å². The summed E-state index contributed by atoms with van der Waals surface area (Å²) in [6.45, 7) is 2.20. The lowest BCUT2D eigenvalue weighted by atomic mass is 10.2. The van der Waals surface area contributed by atoms with Crippen molar-refractivity contribution in [1.82, 2.24) is 14.8 Å². The highest BCUT2D eigenvalue weighted by Crippen LogP contribution is 2.20. The molecule has 0 aliphatic carbocycles. The molecule has 0 aliphatic heterocycles. The van der Waals surface area contributed by atoms with Crippen LogP contribution in [0, 0.1) is 0 Å². The zero-order valence-corrected chi connectivity index (χ0v) is 16.4. The van der Waals surface area contributed by atoms with Crippen molar-refractivity contribution in [2.75, 3.05) is 32.5 Å². The maximum absolute atomic E-state index is 12.1. The molecule has 7 heteroatoms. The third-order valence-electron chi connectivity index (χ3n) is 4.26. The molecule has 3 aromatic rings. The van der Waals surface area contributed by atoms with Crippen LogP contribution in [0.4, 0.5) is 5.69 Å². The maximum atomic E-state index is 12.1. The van der Waals surface area contributed by atoms with E-state index in [9.17, 15) is 9.59 Å². The third kappa shape index (κ3) is 5.18. The predicted molar refractivity (Wildman–Crippen MR) is 110 cm³/mol. The number of carbonyl (C=O) groups excluding carboxylic acids is 2. The van der Waals surface area contributed by atoms with Crippen LogP contribution in [0.15, 0.2) is 47.3 Å². The van der Waals surface area contributed by atoms with Gasteiger partial charge in [0.15, 0.2) is 0 Å². The third-order valence-corrected chi connectivity index (χ3v) is 4.95. The summed E-state index contributed by atoms with van der Waals surface area (Å²) in [6.07, 6.45) is 2.30. The molecule has 0 aliphatic rings. The predicted octanol–water partition coefficient (Wildman–Crippen LogP) is 3.02. The number of thiophene rings is 1. The normalized spacial score (nSPS) is 11.1. The summed E-state index contributed by atoms with van der Waals surface area (Å²) < 4.78 is 2.21. The zero-order chi connectivity index (χ0) is 19.2. The van der Waals surface area contributed by atoms with Crippen LogP contribution in [0.5, 0.6) is 0 Å². The lowest BCUT2D eigenvalue weighted by Gasteiger charge is -2.11. The molecule has 3 rings (SSSR count). The molecule has 27 heavy (non-hydrogen) atoms. The zero-order valence-electron chi connectivity index (χ0n) is 15.6. The Balaban J connectivity index is 1.51. The van der Waals surface area contributed by atoms with Crippen LogP contribution in [0.1, 0.15) is 16.8 Å². The summed E-state index contributed by atoms with van der Waals surface area (Å²) in [5.41, 5.74) is 2.55. The van der Waals surface area contributed by atoms with E-state index in [0.29, 0.717) is 12.1 Å². The molecule has 2 N–H and O–H groups in total. The van der Waals surface area contributed by atoms with Gasteiger partial charge in [0.2, 0.25) is 5.91 Å². The van der Waals surface area contributed by atoms with Gasteiger partial charge in [0.25, 0.3) is 5.91 Å². The molecule has 2 heterocycles. The number of rotatable bonds is 8. The molecule has 142 valence electrons. The molecular formula is C20H24N4O2S. The van der Waals surface area contributed by atoms with Gasteiger partial charge in [-0.2, -0.15) is 11.3 Å². The van der Waals surface area contributed by atoms with Gasteiger partial charge >= 0.3 is 0 Å². The first-order valence-electron chi connectivity index (χ1n) is 8.87. The summed E-state index contributed by atoms with van der Waals surface area (Å²) in [4.78, 5) is 26.1. The van der Waals surface area contributed by atoms with Crippen molar-refractivity contribution >= 4 is 39.7 Å². The SMILES string of the molecule is CN(C)CCn1ccc2cc(NC(=O)CCNC(=O)c3ccsc3)ccc21. The van der Waals surface area contributed by atoms with E-state index in [1.807, 2.05) is 23.6 Å². The van der Waals surface area contributed by atoms with E-state index in [1.165, 1.54) is 11.3 Å². The summed E-state index contributed by atoms with van der Waals surface area (Å²) >= 11 is 1.47. The van der Waals surface area contributed by atoms with Gasteiger partial charge in [-0.3, -0.25) is 9.59 Å². The number of amides is 2. The van der Waals surface area contributed by atoms with Crippen LogP contribution in [0.2, 0.25) is 0 Å². The van der Waals surface area contributed by atoms with Gasteiger partial charge in [0, 0.05) is 59.8 Å². The van der Waals surface area contributed by atoms with Crippen LogP contribution < -0.4 is 10.6 Å². The Labute approximate surface area is 162 Å². The second kappa shape index (κ2) is 8.83. The smallest absolute Gasteiger partial charge is 0.252 e. The first-order valence-corrected chi connectivity index (χ1v) is 9.81. The van der Waals surface area contributed by atoms with Crippen molar-refractivity contribution in [2.24, 2.45) is 0 Å². The van der Waals surface area contributed by atoms with Crippen molar-refractivity contribution in [3.63, 3.8) is 0 Å². The standard InChI is InChI=1S/C20H24N4O2S/c1-23(2)10-11-24-9-6-15-13-17(3-4-18(15)24)22-19(25)5-8-21-20(26)16-7-12-27-14-16/h3-4,6-7,9,12-14H,5,8,10-11H2,1-2H3,(H,21,26)(H,22,25). The highest BCUT2D eigenvalue weighted by atomic mass is 32.1. The van der Waals surface area contributed by atoms with E-state index in [0.717, 1.165) is 29.7 Å². The number of fused-ring (bicyclic) bond motifs is 1. The average molecular weight is 385 g/mol. The number of anilines is 1. The van der Waals surface area contributed by atoms with Gasteiger partial charge in [-0.25, -0.2) is 0 Å². The minimum absolute atomic E-state index is 0.119. The van der Waals surface area contributed by atoms with Gasteiger partial charge < -0.3 is 20.1 Å². The Kier molecular flexibility index (Phi) is 6.26. The minimum Gasteiger partial charge on any atom is -0.351 e. The van der Waals surface area contributed by atoms with Crippen molar-refractivity contribution in [3.05, 3.63) is 52.9 Å². The van der Waals surface area contributed by atoms with E-state index in [4.69, 9.17) is 0 Å². The molecule has 0 unspecified atom stereocenters. The van der Waals surface area contributed by atoms with Crippen LogP contribution in [-0.4, -0.2) is 48.5 Å². The molecule has 0 bridgehead atoms. The number of benzene rings is 1. The van der Waals surface area contributed by atoms with Crippen molar-refractivity contribution in [1.29, 1.82) is 0 Å². The molecule has 0 saturated carbocycles. The summed E-state index contributed by atoms with van der Waals surface area (Å²) in [5, 5.41) is 10.4. The fourth-order valence-corrected chi connectivity index (χ4v) is 3.43. The molecule has 1 aromatic carbocycles. The Morgan fingerprint density at radius 3 is 2.78 bits per heavy atom. The summed E-state index contributed by atoms with van der Waals surface area (Å²) in [5.74, 6) is -0.267. The minimum atomic E-state index is -0.149. The fourth-order valence-electron chi connectivity index (χ4n) is 2.79. The highest BCUT2D eigenvalue weighted by molar-refractivity contribution is 7.08. The van der Waals surface area contributed by atoms with E-state index in [-0.39, 0.29) is 18.2 Å². The first kappa shape index (κ1) is 19.1. The van der Waals surface area contributed by atoms with E-state index in [1.54, 1.807) is 11.4 Å². The van der Waals surface area contributed by atoms with Crippen LogP contribution in [0.25, 0.3) is 10.9 Å². The molecule has 0 radical (unpaired) electrons. The molecule has 0 saturated heterocycles. The first-order chi connectivity index (χ1) is 13.0. The second-order valence-electron chi connectivity index (χ2n) is 6.65. The molecule has 0 fully saturated rings. The van der Waals surface area contributed by atoms with Crippen molar-refractivity contribution in [3.8, 4) is 0 Å². The van der Waals surface area contributed by atoms with Gasteiger partial charge in [0.1, 0.15) is 0 Å². The van der Waals surface area contributed by atoms with Gasteiger partial charge in [-0.15, -0.1) is 0 Å². The number of hydrogen-bond acceptors (Lipinski definition) is 4. The number of likely N-dealkylation sites (N-methyl/N-ethyl adjacent to an activating group) is 1. The number of nitrogens with one attached hydrogen (secondary N) is 2. The molecular weight excluding hydrogens is 360 g/mol. The van der Waals surface area contributed by atoms with Gasteiger partial charge in [0.05, 0.1) is 0 Å². The molecule has 0 atom stereocenters. The largest absolute Gasteiger partial charge is 0.351 e. The van der Waals surface area contributed by atoms with E-state index < -0.39 is 0 Å². The Morgan fingerprint density at radius 2 is 2.04 bits per heavy atom. The molecule has 0 spiro atoms. The van der Waals surface area contributed by atoms with Crippen LogP contribution in [0.3, 0.4) is 0 Å². The van der Waals surface area contributed by atoms with Crippen LogP contribution >= 0.6 is 11.3 Å². The lowest BCUT2D eigenvalue weighted by molar-refractivity contribution is -0.116. The average Bonchev–Trinajstić information content (AvgIpc) is 3.29. The number of nitrogens with zero attached hydrogens (tertiary/aromatic N) is 2. The van der Waals surface area contributed by atoms with Crippen LogP contribution in [-0.2, 0) is 11.3 Å². The molecule has 2 amide bonds. The summed E-state index contributed by atoms with van der Waals surface area (Å²) in [7, 11) is 4.12. The Morgan fingerprint density at radius 1 is 1.19 bits per heavy atom. The summed E-state index contributed by atoms with van der Waals surface area (Å²) in [6, 6.07) is 9.74. The Hall–Kier alpha value is -2.64. The molecule has 2 aromatic heterocycles. The molecule has 6 nitrogen and oxygen atoms in total. The van der Waals surface area contributed by atoms with E-state index in [2.05, 4.69) is 46.5 Å². The number of carbonyl (C=O) groups is 2. The lowest BCUT2D eigenvalue weighted by Crippen LogP contribution is -2.27. The van der Waals surface area contributed by atoms with Crippen molar-refractivity contribution in [2.45, 2.75) is 13.0 Å². The monoisotopic (exact) mass is 384 g/mol. The fraction of sp³-hybridized carbons (Fsp3) is 0.300. The second-order valence-corrected chi connectivity index (χ2v) is 7.43. The topological polar surface area (TPSA) is 66.4 Å². The highest BCUT2D eigenvalue weighted by Gasteiger charge is 2.08. The van der Waals surface area contributed by atoms with Gasteiger partial charge in [-0.05, 0) is 49.8 Å². The Bertz CT molecular complexity index is 915.